The van der Waals surface area contributed by atoms with Crippen molar-refractivity contribution in [3.8, 4) is 11.5 Å². The Morgan fingerprint density at radius 3 is 2.28 bits per heavy atom. The van der Waals surface area contributed by atoms with E-state index in [9.17, 15) is 4.79 Å². The van der Waals surface area contributed by atoms with Gasteiger partial charge in [0.25, 0.3) is 5.56 Å². The van der Waals surface area contributed by atoms with Gasteiger partial charge in [-0.2, -0.15) is 0 Å². The molecule has 1 heterocycles. The highest BCUT2D eigenvalue weighted by molar-refractivity contribution is 6.49. The highest BCUT2D eigenvalue weighted by atomic mass is 28.3. The van der Waals surface area contributed by atoms with Gasteiger partial charge < -0.3 is 13.7 Å². The fourth-order valence-corrected chi connectivity index (χ4v) is 4.39. The fraction of sp³-hybridized carbons (Fsp3) is 0.375. The number of benzene rings is 2. The minimum absolute atomic E-state index is 0.0677. The van der Waals surface area contributed by atoms with Crippen LogP contribution in [0.4, 0.5) is 0 Å². The van der Waals surface area contributed by atoms with Crippen LogP contribution in [0.1, 0.15) is 38.8 Å². The van der Waals surface area contributed by atoms with Crippen LogP contribution in [0.2, 0.25) is 13.1 Å². The Morgan fingerprint density at radius 2 is 1.69 bits per heavy atom. The summed E-state index contributed by atoms with van der Waals surface area (Å²) >= 11 is 0. The van der Waals surface area contributed by atoms with E-state index in [1.165, 1.54) is 0 Å². The molecule has 0 unspecified atom stereocenters. The van der Waals surface area contributed by atoms with Gasteiger partial charge in [-0.1, -0.05) is 63.2 Å². The maximum Gasteiger partial charge on any atom is 0.292 e. The Bertz CT molecular complexity index is 1050. The molecule has 3 rings (SSSR count). The SMILES string of the molecule is CCn1c(=O)c(O[SiH](C)C)c(C(C)(C)C)c2cccc(OCc3ccccc3)c21. The second kappa shape index (κ2) is 8.45. The molecule has 0 bridgehead atoms. The fourth-order valence-electron chi connectivity index (χ4n) is 3.70. The molecule has 0 saturated carbocycles. The average molecular weight is 410 g/mol. The maximum atomic E-state index is 13.4. The second-order valence-electron chi connectivity index (χ2n) is 8.60. The smallest absolute Gasteiger partial charge is 0.292 e. The van der Waals surface area contributed by atoms with Gasteiger partial charge >= 0.3 is 0 Å². The van der Waals surface area contributed by atoms with Crippen LogP contribution in [0.25, 0.3) is 10.9 Å². The molecule has 2 aromatic carbocycles. The van der Waals surface area contributed by atoms with Crippen molar-refractivity contribution in [2.45, 2.75) is 59.4 Å². The van der Waals surface area contributed by atoms with Crippen LogP contribution in [0.5, 0.6) is 11.5 Å². The third-order valence-electron chi connectivity index (χ3n) is 4.86. The van der Waals surface area contributed by atoms with Gasteiger partial charge in [0.15, 0.2) is 5.75 Å². The second-order valence-corrected chi connectivity index (χ2v) is 10.9. The predicted molar refractivity (Wildman–Crippen MR) is 123 cm³/mol. The number of aryl methyl sites for hydroxylation is 1. The molecule has 0 spiro atoms. The highest BCUT2D eigenvalue weighted by Gasteiger charge is 2.28. The topological polar surface area (TPSA) is 40.5 Å². The van der Waals surface area contributed by atoms with Gasteiger partial charge in [0.2, 0.25) is 9.04 Å². The van der Waals surface area contributed by atoms with Crippen LogP contribution in [0.3, 0.4) is 0 Å². The molecule has 0 atom stereocenters. The number of hydrogen-bond acceptors (Lipinski definition) is 3. The average Bonchev–Trinajstić information content (AvgIpc) is 2.66. The zero-order chi connectivity index (χ0) is 21.2. The first-order chi connectivity index (χ1) is 13.7. The molecule has 0 radical (unpaired) electrons. The molecule has 154 valence electrons. The van der Waals surface area contributed by atoms with Crippen LogP contribution >= 0.6 is 0 Å². The molecule has 0 aliphatic rings. The van der Waals surface area contributed by atoms with Crippen molar-refractivity contribution in [2.24, 2.45) is 0 Å². The summed E-state index contributed by atoms with van der Waals surface area (Å²) < 4.78 is 14.2. The third kappa shape index (κ3) is 4.40. The van der Waals surface area contributed by atoms with Crippen molar-refractivity contribution in [3.05, 3.63) is 70.0 Å². The van der Waals surface area contributed by atoms with Gasteiger partial charge in [0.1, 0.15) is 12.4 Å². The molecule has 0 aliphatic heterocycles. The number of hydrogen-bond donors (Lipinski definition) is 0. The van der Waals surface area contributed by atoms with E-state index in [2.05, 4.69) is 39.9 Å². The van der Waals surface area contributed by atoms with E-state index in [1.54, 1.807) is 4.57 Å². The van der Waals surface area contributed by atoms with Crippen LogP contribution in [-0.4, -0.2) is 13.6 Å². The van der Waals surface area contributed by atoms with Crippen LogP contribution < -0.4 is 14.7 Å². The lowest BCUT2D eigenvalue weighted by atomic mass is 9.84. The molecule has 0 fully saturated rings. The lowest BCUT2D eigenvalue weighted by Gasteiger charge is -2.28. The van der Waals surface area contributed by atoms with Crippen molar-refractivity contribution in [1.82, 2.24) is 4.57 Å². The largest absolute Gasteiger partial charge is 0.543 e. The lowest BCUT2D eigenvalue weighted by Crippen LogP contribution is -2.30. The number of para-hydroxylation sites is 1. The predicted octanol–water partition coefficient (Wildman–Crippen LogP) is 5.26. The highest BCUT2D eigenvalue weighted by Crippen LogP contribution is 2.38. The van der Waals surface area contributed by atoms with Crippen LogP contribution in [0, 0.1) is 0 Å². The first kappa shape index (κ1) is 21.2. The van der Waals surface area contributed by atoms with Gasteiger partial charge in [-0.25, -0.2) is 0 Å². The first-order valence-corrected chi connectivity index (χ1v) is 13.1. The van der Waals surface area contributed by atoms with Crippen molar-refractivity contribution >= 4 is 19.9 Å². The molecule has 29 heavy (non-hydrogen) atoms. The molecular weight excluding hydrogens is 378 g/mol. The summed E-state index contributed by atoms with van der Waals surface area (Å²) in [6.45, 7) is 13.6. The Labute approximate surface area is 174 Å². The standard InChI is InChI=1S/C24H31NO3Si/c1-7-25-21-18(20(24(2,3)4)22(23(25)26)28-29(5)6)14-11-15-19(21)27-16-17-12-9-8-10-13-17/h8-15,29H,7,16H2,1-6H3. The van der Waals surface area contributed by atoms with Gasteiger partial charge in [-0.3, -0.25) is 4.79 Å². The van der Waals surface area contributed by atoms with E-state index in [4.69, 9.17) is 9.16 Å². The maximum absolute atomic E-state index is 13.4. The van der Waals surface area contributed by atoms with Gasteiger partial charge in [0, 0.05) is 17.5 Å². The number of rotatable bonds is 6. The molecule has 1 aromatic heterocycles. The van der Waals surface area contributed by atoms with E-state index in [0.717, 1.165) is 27.8 Å². The first-order valence-electron chi connectivity index (χ1n) is 10.3. The summed E-state index contributed by atoms with van der Waals surface area (Å²) in [7, 11) is -1.45. The summed E-state index contributed by atoms with van der Waals surface area (Å²) in [5.74, 6) is 1.23. The molecular formula is C24H31NO3Si. The lowest BCUT2D eigenvalue weighted by molar-refractivity contribution is 0.308. The van der Waals surface area contributed by atoms with Gasteiger partial charge in [0.05, 0.1) is 5.52 Å². The zero-order valence-electron chi connectivity index (χ0n) is 18.3. The zero-order valence-corrected chi connectivity index (χ0v) is 19.4. The summed E-state index contributed by atoms with van der Waals surface area (Å²) in [6, 6.07) is 16.1. The number of nitrogens with zero attached hydrogens (tertiary/aromatic N) is 1. The number of ether oxygens (including phenoxy) is 1. The van der Waals surface area contributed by atoms with Crippen LogP contribution in [0.15, 0.2) is 53.3 Å². The summed E-state index contributed by atoms with van der Waals surface area (Å²) in [5.41, 5.74) is 2.60. The molecule has 4 nitrogen and oxygen atoms in total. The Balaban J connectivity index is 2.26. The third-order valence-corrected chi connectivity index (χ3v) is 5.57. The summed E-state index contributed by atoms with van der Waals surface area (Å²) in [6.07, 6.45) is 0. The molecule has 3 aromatic rings. The van der Waals surface area contributed by atoms with E-state index in [-0.39, 0.29) is 11.0 Å². The van der Waals surface area contributed by atoms with E-state index in [1.807, 2.05) is 49.4 Å². The Kier molecular flexibility index (Phi) is 6.17. The van der Waals surface area contributed by atoms with Crippen molar-refractivity contribution in [3.63, 3.8) is 0 Å². The van der Waals surface area contributed by atoms with Crippen molar-refractivity contribution in [2.75, 3.05) is 0 Å². The minimum atomic E-state index is -1.45. The van der Waals surface area contributed by atoms with E-state index < -0.39 is 9.04 Å². The molecule has 0 saturated heterocycles. The number of fused-ring (bicyclic) bond motifs is 1. The summed E-state index contributed by atoms with van der Waals surface area (Å²) in [5, 5.41) is 1.02. The normalized spacial score (nSPS) is 11.8. The number of pyridine rings is 1. The molecule has 0 N–H and O–H groups in total. The summed E-state index contributed by atoms with van der Waals surface area (Å²) in [4.78, 5) is 13.4. The minimum Gasteiger partial charge on any atom is -0.543 e. The molecule has 0 aliphatic carbocycles. The number of aromatic nitrogens is 1. The van der Waals surface area contributed by atoms with E-state index in [0.29, 0.717) is 18.9 Å². The van der Waals surface area contributed by atoms with Crippen molar-refractivity contribution < 1.29 is 9.16 Å². The molecule has 5 heteroatoms. The monoisotopic (exact) mass is 409 g/mol. The van der Waals surface area contributed by atoms with Gasteiger partial charge in [-0.15, -0.1) is 0 Å². The Hall–Kier alpha value is -2.53. The quantitative estimate of drug-likeness (QED) is 0.521. The molecule has 0 amide bonds. The van der Waals surface area contributed by atoms with Crippen molar-refractivity contribution in [1.29, 1.82) is 0 Å². The Morgan fingerprint density at radius 1 is 1.00 bits per heavy atom. The van der Waals surface area contributed by atoms with Gasteiger partial charge in [-0.05, 0) is 37.1 Å². The van der Waals surface area contributed by atoms with Crippen LogP contribution in [-0.2, 0) is 18.6 Å². The van der Waals surface area contributed by atoms with E-state index >= 15 is 0 Å².